The lowest BCUT2D eigenvalue weighted by atomic mass is 10.1. The van der Waals surface area contributed by atoms with Gasteiger partial charge in [0.15, 0.2) is 0 Å². The second kappa shape index (κ2) is 6.91. The minimum Gasteiger partial charge on any atom is -0.481 e. The van der Waals surface area contributed by atoms with Crippen molar-refractivity contribution in [1.82, 2.24) is 5.32 Å². The lowest BCUT2D eigenvalue weighted by molar-refractivity contribution is -0.140. The summed E-state index contributed by atoms with van der Waals surface area (Å²) in [6.07, 6.45) is 4.22. The number of anilines is 1. The van der Waals surface area contributed by atoms with Crippen LogP contribution in [0, 0.1) is 17.3 Å². The third-order valence-corrected chi connectivity index (χ3v) is 5.86. The number of carboxylic acid groups (broad SMARTS) is 1. The first kappa shape index (κ1) is 18.7. The fourth-order valence-electron chi connectivity index (χ4n) is 3.92. The van der Waals surface area contributed by atoms with Crippen LogP contribution in [0.5, 0.6) is 0 Å². The van der Waals surface area contributed by atoms with Crippen molar-refractivity contribution in [2.24, 2.45) is 17.3 Å². The molecule has 7 heteroatoms. The number of aliphatic carboxylic acids is 1. The van der Waals surface area contributed by atoms with Gasteiger partial charge in [0.25, 0.3) is 5.91 Å². The molecule has 2 fully saturated rings. The molecule has 1 aromatic carbocycles. The number of halogens is 1. The van der Waals surface area contributed by atoms with E-state index in [0.717, 1.165) is 25.7 Å². The molecule has 0 heterocycles. The van der Waals surface area contributed by atoms with E-state index >= 15 is 0 Å². The Morgan fingerprint density at radius 2 is 1.81 bits per heavy atom. The van der Waals surface area contributed by atoms with E-state index in [0.29, 0.717) is 11.3 Å². The monoisotopic (exact) mass is 378 g/mol. The van der Waals surface area contributed by atoms with Crippen LogP contribution in [0.15, 0.2) is 18.2 Å². The van der Waals surface area contributed by atoms with Gasteiger partial charge in [-0.25, -0.2) is 0 Å². The largest absolute Gasteiger partial charge is 0.481 e. The molecule has 0 saturated heterocycles. The number of carboxylic acids is 1. The van der Waals surface area contributed by atoms with Gasteiger partial charge in [-0.3, -0.25) is 14.4 Å². The van der Waals surface area contributed by atoms with Crippen molar-refractivity contribution >= 4 is 35.1 Å². The maximum Gasteiger partial charge on any atom is 0.307 e. The minimum absolute atomic E-state index is 0.197. The molecule has 3 rings (SSSR count). The van der Waals surface area contributed by atoms with Gasteiger partial charge in [0, 0.05) is 11.7 Å². The molecule has 3 N–H and O–H groups in total. The first-order chi connectivity index (χ1) is 12.2. The Hall–Kier alpha value is -2.08. The average Bonchev–Trinajstić information content (AvgIpc) is 2.88. The summed E-state index contributed by atoms with van der Waals surface area (Å²) < 4.78 is 0. The van der Waals surface area contributed by atoms with Crippen LogP contribution in [0.4, 0.5) is 5.69 Å². The normalized spacial score (nSPS) is 24.1. The standard InChI is InChI=1S/C19H23ClN2O4/c1-19(2)14(15(19)18(25)26)17(24)22-11-7-8-12(13(20)9-11)16(23)21-10-5-3-4-6-10/h7-10,14-15H,3-6H2,1-2H3,(H,21,23)(H,22,24)(H,25,26)/t14-,15-/m1/s1. The molecule has 2 saturated carbocycles. The fraction of sp³-hybridized carbons (Fsp3) is 0.526. The summed E-state index contributed by atoms with van der Waals surface area (Å²) in [6, 6.07) is 4.91. The molecule has 0 spiro atoms. The number of benzene rings is 1. The molecule has 0 radical (unpaired) electrons. The van der Waals surface area contributed by atoms with E-state index in [2.05, 4.69) is 10.6 Å². The molecule has 2 aliphatic carbocycles. The summed E-state index contributed by atoms with van der Waals surface area (Å²) in [7, 11) is 0. The summed E-state index contributed by atoms with van der Waals surface area (Å²) in [4.78, 5) is 35.9. The number of carbonyl (C=O) groups is 3. The SMILES string of the molecule is CC1(C)[C@@H](C(=O)O)[C@@H]1C(=O)Nc1ccc(C(=O)NC2CCCC2)c(Cl)c1. The van der Waals surface area contributed by atoms with Crippen molar-refractivity contribution in [3.05, 3.63) is 28.8 Å². The molecule has 0 bridgehead atoms. The van der Waals surface area contributed by atoms with Gasteiger partial charge in [-0.2, -0.15) is 0 Å². The first-order valence-corrected chi connectivity index (χ1v) is 9.23. The predicted octanol–water partition coefficient (Wildman–Crippen LogP) is 3.31. The fourth-order valence-corrected chi connectivity index (χ4v) is 4.18. The van der Waals surface area contributed by atoms with Gasteiger partial charge in [0.2, 0.25) is 5.91 Å². The Labute approximate surface area is 157 Å². The van der Waals surface area contributed by atoms with Crippen LogP contribution in [0.1, 0.15) is 49.9 Å². The second-order valence-electron chi connectivity index (χ2n) is 7.75. The maximum absolute atomic E-state index is 12.4. The molecule has 140 valence electrons. The molecule has 6 nitrogen and oxygen atoms in total. The van der Waals surface area contributed by atoms with Crippen molar-refractivity contribution in [2.45, 2.75) is 45.6 Å². The summed E-state index contributed by atoms with van der Waals surface area (Å²) in [5.41, 5.74) is 0.247. The van der Waals surface area contributed by atoms with Crippen LogP contribution >= 0.6 is 11.6 Å². The van der Waals surface area contributed by atoms with Crippen molar-refractivity contribution in [3.63, 3.8) is 0 Å². The van der Waals surface area contributed by atoms with E-state index in [1.807, 2.05) is 0 Å². The zero-order chi connectivity index (χ0) is 19.1. The van der Waals surface area contributed by atoms with Crippen LogP contribution < -0.4 is 10.6 Å². The second-order valence-corrected chi connectivity index (χ2v) is 8.16. The van der Waals surface area contributed by atoms with Gasteiger partial charge in [0.1, 0.15) is 0 Å². The van der Waals surface area contributed by atoms with Crippen LogP contribution in [0.3, 0.4) is 0 Å². The summed E-state index contributed by atoms with van der Waals surface area (Å²) >= 11 is 6.22. The summed E-state index contributed by atoms with van der Waals surface area (Å²) in [5, 5.41) is 15.1. The smallest absolute Gasteiger partial charge is 0.307 e. The van der Waals surface area contributed by atoms with E-state index in [1.54, 1.807) is 26.0 Å². The molecule has 2 aliphatic rings. The molecular formula is C19H23ClN2O4. The Kier molecular flexibility index (Phi) is 4.97. The van der Waals surface area contributed by atoms with E-state index in [4.69, 9.17) is 11.6 Å². The summed E-state index contributed by atoms with van der Waals surface area (Å²) in [6.45, 7) is 3.53. The van der Waals surface area contributed by atoms with Gasteiger partial charge >= 0.3 is 5.97 Å². The van der Waals surface area contributed by atoms with Crippen molar-refractivity contribution in [3.8, 4) is 0 Å². The Bertz CT molecular complexity index is 756. The van der Waals surface area contributed by atoms with E-state index in [1.165, 1.54) is 6.07 Å². The Morgan fingerprint density at radius 1 is 1.15 bits per heavy atom. The van der Waals surface area contributed by atoms with E-state index < -0.39 is 23.2 Å². The zero-order valence-corrected chi connectivity index (χ0v) is 15.6. The van der Waals surface area contributed by atoms with Crippen molar-refractivity contribution in [1.29, 1.82) is 0 Å². The number of amides is 2. The number of nitrogens with one attached hydrogen (secondary N) is 2. The van der Waals surface area contributed by atoms with Gasteiger partial charge in [-0.15, -0.1) is 0 Å². The molecule has 2 atom stereocenters. The number of hydrogen-bond donors (Lipinski definition) is 3. The Morgan fingerprint density at radius 3 is 2.35 bits per heavy atom. The van der Waals surface area contributed by atoms with E-state index in [-0.39, 0.29) is 22.9 Å². The van der Waals surface area contributed by atoms with Gasteiger partial charge < -0.3 is 15.7 Å². The topological polar surface area (TPSA) is 95.5 Å². The summed E-state index contributed by atoms with van der Waals surface area (Å²) in [5.74, 6) is -2.79. The lowest BCUT2D eigenvalue weighted by Crippen LogP contribution is -2.32. The molecule has 2 amide bonds. The van der Waals surface area contributed by atoms with Crippen LogP contribution in [-0.2, 0) is 9.59 Å². The lowest BCUT2D eigenvalue weighted by Gasteiger charge is -2.13. The maximum atomic E-state index is 12.4. The van der Waals surface area contributed by atoms with Gasteiger partial charge in [0.05, 0.1) is 22.4 Å². The van der Waals surface area contributed by atoms with Crippen molar-refractivity contribution < 1.29 is 19.5 Å². The highest BCUT2D eigenvalue weighted by molar-refractivity contribution is 6.34. The van der Waals surface area contributed by atoms with Crippen LogP contribution in [0.25, 0.3) is 0 Å². The highest BCUT2D eigenvalue weighted by Gasteiger charge is 2.65. The van der Waals surface area contributed by atoms with Crippen LogP contribution in [-0.4, -0.2) is 28.9 Å². The molecule has 0 unspecified atom stereocenters. The number of carbonyl (C=O) groups excluding carboxylic acids is 2. The van der Waals surface area contributed by atoms with Crippen molar-refractivity contribution in [2.75, 3.05) is 5.32 Å². The quantitative estimate of drug-likeness (QED) is 0.732. The average molecular weight is 379 g/mol. The number of rotatable bonds is 5. The molecule has 26 heavy (non-hydrogen) atoms. The third-order valence-electron chi connectivity index (χ3n) is 5.55. The highest BCUT2D eigenvalue weighted by Crippen LogP contribution is 2.58. The zero-order valence-electron chi connectivity index (χ0n) is 14.8. The van der Waals surface area contributed by atoms with E-state index in [9.17, 15) is 19.5 Å². The minimum atomic E-state index is -0.966. The highest BCUT2D eigenvalue weighted by atomic mass is 35.5. The number of hydrogen-bond acceptors (Lipinski definition) is 3. The molecular weight excluding hydrogens is 356 g/mol. The first-order valence-electron chi connectivity index (χ1n) is 8.86. The van der Waals surface area contributed by atoms with Gasteiger partial charge in [-0.05, 0) is 36.5 Å². The Balaban J connectivity index is 1.65. The van der Waals surface area contributed by atoms with Gasteiger partial charge in [-0.1, -0.05) is 38.3 Å². The third kappa shape index (κ3) is 3.56. The molecule has 0 aromatic heterocycles. The predicted molar refractivity (Wildman–Crippen MR) is 98.2 cm³/mol. The van der Waals surface area contributed by atoms with Crippen LogP contribution in [0.2, 0.25) is 5.02 Å². The molecule has 0 aliphatic heterocycles. The molecule has 1 aromatic rings.